The van der Waals surface area contributed by atoms with Crippen molar-refractivity contribution in [2.24, 2.45) is 0 Å². The van der Waals surface area contributed by atoms with Crippen molar-refractivity contribution in [3.8, 4) is 0 Å². The van der Waals surface area contributed by atoms with E-state index in [1.807, 2.05) is 0 Å². The molecule has 0 atom stereocenters. The van der Waals surface area contributed by atoms with E-state index in [0.29, 0.717) is 0 Å². The molecule has 0 radical (unpaired) electrons. The maximum absolute atomic E-state index is 11.6. The summed E-state index contributed by atoms with van der Waals surface area (Å²) < 4.78 is 34.8. The van der Waals surface area contributed by atoms with Crippen LogP contribution in [0.3, 0.4) is 0 Å². The van der Waals surface area contributed by atoms with E-state index in [4.69, 9.17) is 0 Å². The number of nitrogens with zero attached hydrogens (tertiary/aromatic N) is 1. The number of H-pyrrole nitrogens is 1. The van der Waals surface area contributed by atoms with E-state index in [1.54, 1.807) is 0 Å². The Bertz CT molecular complexity index is 176. The molecule has 0 saturated carbocycles. The molecule has 0 bridgehead atoms. The molecule has 1 aromatic rings. The van der Waals surface area contributed by atoms with Gasteiger partial charge in [0.2, 0.25) is 6.33 Å². The van der Waals surface area contributed by atoms with Gasteiger partial charge in [0.05, 0.1) is 0 Å². The van der Waals surface area contributed by atoms with E-state index >= 15 is 0 Å². The average molecular weight is 137 g/mol. The summed E-state index contributed by atoms with van der Waals surface area (Å²) in [5, 5.41) is 0. The van der Waals surface area contributed by atoms with Gasteiger partial charge in [0.25, 0.3) is 0 Å². The van der Waals surface area contributed by atoms with Crippen molar-refractivity contribution in [3.05, 3.63) is 18.7 Å². The fourth-order valence-corrected chi connectivity index (χ4v) is 0.447. The lowest BCUT2D eigenvalue weighted by molar-refractivity contribution is -0.854. The van der Waals surface area contributed by atoms with Crippen molar-refractivity contribution < 1.29 is 17.7 Å². The van der Waals surface area contributed by atoms with E-state index in [0.717, 1.165) is 12.5 Å². The highest BCUT2D eigenvalue weighted by Gasteiger charge is 2.36. The first-order valence-electron chi connectivity index (χ1n) is 2.22. The van der Waals surface area contributed by atoms with Crippen LogP contribution in [-0.4, -0.2) is 4.98 Å². The second-order valence-corrected chi connectivity index (χ2v) is 1.49. The number of aromatic amines is 1. The van der Waals surface area contributed by atoms with Gasteiger partial charge in [-0.2, -0.15) is 0 Å². The lowest BCUT2D eigenvalue weighted by Crippen LogP contribution is -2.44. The molecule has 0 fully saturated rings. The zero-order chi connectivity index (χ0) is 6.91. The van der Waals surface area contributed by atoms with Crippen molar-refractivity contribution in [2.45, 2.75) is 6.30 Å². The maximum atomic E-state index is 11.6. The molecular weight excluding hydrogens is 133 g/mol. The van der Waals surface area contributed by atoms with Crippen LogP contribution in [0.4, 0.5) is 13.2 Å². The van der Waals surface area contributed by atoms with Crippen LogP contribution in [0.15, 0.2) is 18.7 Å². The van der Waals surface area contributed by atoms with Crippen LogP contribution in [0.5, 0.6) is 0 Å². The molecule has 0 aliphatic heterocycles. The quantitative estimate of drug-likeness (QED) is 0.510. The fourth-order valence-electron chi connectivity index (χ4n) is 0.447. The molecule has 1 rings (SSSR count). The Morgan fingerprint density at radius 3 is 2.22 bits per heavy atom. The zero-order valence-corrected chi connectivity index (χ0v) is 4.31. The Morgan fingerprint density at radius 2 is 2.00 bits per heavy atom. The van der Waals surface area contributed by atoms with Crippen LogP contribution in [0.25, 0.3) is 0 Å². The summed E-state index contributed by atoms with van der Waals surface area (Å²) >= 11 is 0. The molecule has 0 saturated heterocycles. The molecule has 0 aromatic carbocycles. The van der Waals surface area contributed by atoms with Gasteiger partial charge in [-0.1, -0.05) is 0 Å². The number of hydrogen-bond acceptors (Lipinski definition) is 0. The number of rotatable bonds is 0. The third-order valence-corrected chi connectivity index (χ3v) is 0.838. The summed E-state index contributed by atoms with van der Waals surface area (Å²) in [6, 6.07) is 0. The maximum Gasteiger partial charge on any atom is 0.567 e. The number of nitrogens with one attached hydrogen (secondary N) is 1. The predicted octanol–water partition coefficient (Wildman–Crippen LogP) is 0.778. The van der Waals surface area contributed by atoms with E-state index in [9.17, 15) is 13.2 Å². The van der Waals surface area contributed by atoms with Gasteiger partial charge >= 0.3 is 6.30 Å². The normalized spacial score (nSPS) is 11.9. The van der Waals surface area contributed by atoms with Gasteiger partial charge in [-0.15, -0.1) is 17.7 Å². The highest BCUT2D eigenvalue weighted by molar-refractivity contribution is 4.55. The predicted molar refractivity (Wildman–Crippen MR) is 22.3 cm³/mol. The summed E-state index contributed by atoms with van der Waals surface area (Å²) in [4.78, 5) is 2.28. The molecule has 0 aliphatic rings. The largest absolute Gasteiger partial charge is 0.567 e. The SMILES string of the molecule is FC(F)(F)[n+]1cc[nH]c1. The molecule has 2 nitrogen and oxygen atoms in total. The Morgan fingerprint density at radius 1 is 1.33 bits per heavy atom. The highest BCUT2D eigenvalue weighted by atomic mass is 19.4. The number of hydrogen-bond donors (Lipinski definition) is 1. The standard InChI is InChI=1S/C4H3F3N2/c5-4(6,7)9-2-1-8-3-9/h1-3H/p+1. The molecule has 1 N–H and O–H groups in total. The van der Waals surface area contributed by atoms with Crippen molar-refractivity contribution in [2.75, 3.05) is 0 Å². The smallest absolute Gasteiger partial charge is 0.250 e. The van der Waals surface area contributed by atoms with Crippen LogP contribution in [0.2, 0.25) is 0 Å². The Labute approximate surface area is 48.9 Å². The average Bonchev–Trinajstić information content (AvgIpc) is 2.08. The number of imidazole rings is 1. The summed E-state index contributed by atoms with van der Waals surface area (Å²) in [6.45, 7) is 0. The first-order chi connectivity index (χ1) is 4.11. The van der Waals surface area contributed by atoms with Crippen LogP contribution in [0.1, 0.15) is 0 Å². The van der Waals surface area contributed by atoms with Gasteiger partial charge in [0.15, 0.2) is 0 Å². The lowest BCUT2D eigenvalue weighted by Gasteiger charge is -1.96. The molecule has 1 aromatic heterocycles. The molecule has 0 spiro atoms. The molecule has 0 unspecified atom stereocenters. The van der Waals surface area contributed by atoms with Crippen LogP contribution >= 0.6 is 0 Å². The van der Waals surface area contributed by atoms with Gasteiger partial charge < -0.3 is 0 Å². The minimum atomic E-state index is -4.29. The second kappa shape index (κ2) is 1.75. The third-order valence-electron chi connectivity index (χ3n) is 0.838. The van der Waals surface area contributed by atoms with Gasteiger partial charge in [-0.25, -0.2) is 4.98 Å². The number of alkyl halides is 3. The molecule has 5 heteroatoms. The van der Waals surface area contributed by atoms with E-state index in [2.05, 4.69) is 4.98 Å². The molecule has 0 aliphatic carbocycles. The van der Waals surface area contributed by atoms with Crippen molar-refractivity contribution in [3.63, 3.8) is 0 Å². The highest BCUT2D eigenvalue weighted by Crippen LogP contribution is 2.11. The monoisotopic (exact) mass is 137 g/mol. The topological polar surface area (TPSA) is 19.7 Å². The van der Waals surface area contributed by atoms with E-state index < -0.39 is 6.30 Å². The number of halogens is 3. The van der Waals surface area contributed by atoms with Crippen LogP contribution in [-0.2, 0) is 6.30 Å². The number of aromatic nitrogens is 2. The fraction of sp³-hybridized carbons (Fsp3) is 0.250. The van der Waals surface area contributed by atoms with Crippen LogP contribution < -0.4 is 4.57 Å². The Balaban J connectivity index is 2.90. The summed E-state index contributed by atoms with van der Waals surface area (Å²) in [6.07, 6.45) is -1.35. The molecule has 9 heavy (non-hydrogen) atoms. The Hall–Kier alpha value is -1.00. The minimum Gasteiger partial charge on any atom is -0.250 e. The first kappa shape index (κ1) is 6.12. The van der Waals surface area contributed by atoms with E-state index in [1.165, 1.54) is 6.20 Å². The van der Waals surface area contributed by atoms with Crippen molar-refractivity contribution in [1.29, 1.82) is 0 Å². The summed E-state index contributed by atoms with van der Waals surface area (Å²) in [7, 11) is 0. The van der Waals surface area contributed by atoms with Crippen LogP contribution in [0, 0.1) is 0 Å². The molecule has 0 amide bonds. The molecule has 1 heterocycles. The minimum absolute atomic E-state index is 0.132. The third kappa shape index (κ3) is 1.22. The van der Waals surface area contributed by atoms with E-state index in [-0.39, 0.29) is 4.57 Å². The van der Waals surface area contributed by atoms with Gasteiger partial charge in [-0.3, -0.25) is 0 Å². The summed E-state index contributed by atoms with van der Waals surface area (Å²) in [5.74, 6) is 0. The zero-order valence-electron chi connectivity index (χ0n) is 4.31. The van der Waals surface area contributed by atoms with Gasteiger partial charge in [-0.05, 0) is 0 Å². The van der Waals surface area contributed by atoms with Gasteiger partial charge in [0, 0.05) is 0 Å². The summed E-state index contributed by atoms with van der Waals surface area (Å²) in [5.41, 5.74) is 0. The van der Waals surface area contributed by atoms with Gasteiger partial charge in [0.1, 0.15) is 12.4 Å². The van der Waals surface area contributed by atoms with Crippen molar-refractivity contribution in [1.82, 2.24) is 4.98 Å². The Kier molecular flexibility index (Phi) is 1.19. The second-order valence-electron chi connectivity index (χ2n) is 1.49. The lowest BCUT2D eigenvalue weighted by atomic mass is 10.9. The molecule has 50 valence electrons. The van der Waals surface area contributed by atoms with Crippen molar-refractivity contribution >= 4 is 0 Å². The first-order valence-corrected chi connectivity index (χ1v) is 2.22. The molecular formula is C4H4F3N2+.